The third-order valence-electron chi connectivity index (χ3n) is 6.88. The van der Waals surface area contributed by atoms with Crippen molar-refractivity contribution in [2.24, 2.45) is 0 Å². The molecule has 1 aliphatic rings. The lowest BCUT2D eigenvalue weighted by molar-refractivity contribution is -0.139. The summed E-state index contributed by atoms with van der Waals surface area (Å²) in [5.41, 5.74) is 1.07. The van der Waals surface area contributed by atoms with Crippen molar-refractivity contribution >= 4 is 57.6 Å². The van der Waals surface area contributed by atoms with Crippen LogP contribution >= 0.6 is 45.8 Å². The lowest BCUT2D eigenvalue weighted by Crippen LogP contribution is -2.54. The minimum Gasteiger partial charge on any atom is -0.482 e. The molecule has 2 aromatic carbocycles. The number of rotatable bonds is 14. The van der Waals surface area contributed by atoms with Gasteiger partial charge >= 0.3 is 0 Å². The summed E-state index contributed by atoms with van der Waals surface area (Å²) in [6, 6.07) is 11.8. The SMILES string of the molecule is CCCCCCCC(=O)N(Cc1ccc(Cl)cc1Cl)C1CC(C(=O)NCCO)=CC(Oc2ccccc2I)C1O. The lowest BCUT2D eigenvalue weighted by Gasteiger charge is -2.41. The molecule has 0 fully saturated rings. The van der Waals surface area contributed by atoms with Crippen LogP contribution in [-0.2, 0) is 16.1 Å². The predicted octanol–water partition coefficient (Wildman–Crippen LogP) is 5.90. The molecule has 0 heterocycles. The molecule has 2 amide bonds. The number of unbranched alkanes of at least 4 members (excludes halogenated alkanes) is 4. The second-order valence-corrected chi connectivity index (χ2v) is 11.9. The largest absolute Gasteiger partial charge is 0.482 e. The molecule has 7 nitrogen and oxygen atoms in total. The van der Waals surface area contributed by atoms with Crippen LogP contribution in [0.1, 0.15) is 57.4 Å². The molecule has 10 heteroatoms. The van der Waals surface area contributed by atoms with E-state index >= 15 is 0 Å². The Morgan fingerprint density at radius 2 is 1.88 bits per heavy atom. The van der Waals surface area contributed by atoms with Crippen LogP contribution in [0.4, 0.5) is 0 Å². The number of benzene rings is 2. The molecule has 1 aliphatic carbocycles. The van der Waals surface area contributed by atoms with E-state index in [0.717, 1.165) is 35.7 Å². The maximum atomic E-state index is 13.7. The highest BCUT2D eigenvalue weighted by atomic mass is 127. The Morgan fingerprint density at radius 3 is 2.58 bits per heavy atom. The molecule has 0 bridgehead atoms. The molecule has 0 saturated carbocycles. The highest BCUT2D eigenvalue weighted by molar-refractivity contribution is 14.1. The number of para-hydroxylation sites is 1. The van der Waals surface area contributed by atoms with Crippen molar-refractivity contribution in [3.8, 4) is 5.75 Å². The van der Waals surface area contributed by atoms with E-state index in [2.05, 4.69) is 34.8 Å². The summed E-state index contributed by atoms with van der Waals surface area (Å²) in [4.78, 5) is 28.4. The Kier molecular flexibility index (Phi) is 13.5. The molecule has 2 aromatic rings. The van der Waals surface area contributed by atoms with Gasteiger partial charge in [0.25, 0.3) is 0 Å². The second-order valence-electron chi connectivity index (χ2n) is 9.87. The van der Waals surface area contributed by atoms with Gasteiger partial charge in [-0.25, -0.2) is 0 Å². The number of aliphatic hydroxyl groups excluding tert-OH is 2. The minimum absolute atomic E-state index is 0.0896. The van der Waals surface area contributed by atoms with E-state index in [1.807, 2.05) is 18.2 Å². The Balaban J connectivity index is 1.94. The molecule has 3 unspecified atom stereocenters. The minimum atomic E-state index is -1.11. The maximum absolute atomic E-state index is 13.7. The van der Waals surface area contributed by atoms with Crippen LogP contribution in [0.25, 0.3) is 0 Å². The van der Waals surface area contributed by atoms with Gasteiger partial charge in [-0.2, -0.15) is 0 Å². The fourth-order valence-electron chi connectivity index (χ4n) is 4.71. The van der Waals surface area contributed by atoms with Crippen LogP contribution in [0.3, 0.4) is 0 Å². The summed E-state index contributed by atoms with van der Waals surface area (Å²) < 4.78 is 7.06. The summed E-state index contributed by atoms with van der Waals surface area (Å²) in [6.07, 6.45) is 5.01. The van der Waals surface area contributed by atoms with Gasteiger partial charge in [0, 0.05) is 41.5 Å². The van der Waals surface area contributed by atoms with Gasteiger partial charge in [-0.1, -0.05) is 74.0 Å². The van der Waals surface area contributed by atoms with Crippen LogP contribution in [0, 0.1) is 3.57 Å². The number of nitrogens with one attached hydrogen (secondary N) is 1. The van der Waals surface area contributed by atoms with Gasteiger partial charge in [-0.05, 0) is 64.9 Å². The summed E-state index contributed by atoms with van der Waals surface area (Å²) in [5, 5.41) is 24.4. The molecular formula is C30H37Cl2IN2O5. The van der Waals surface area contributed by atoms with E-state index in [1.165, 1.54) is 0 Å². The smallest absolute Gasteiger partial charge is 0.247 e. The van der Waals surface area contributed by atoms with Crippen LogP contribution in [-0.4, -0.2) is 58.3 Å². The standard InChI is InChI=1S/C30H37Cl2IN2O5/c1-2-3-4-5-6-11-28(37)35(19-20-12-13-22(31)18-23(20)32)25-16-21(30(39)34-14-15-36)17-27(29(25)38)40-26-10-8-7-9-24(26)33/h7-10,12-13,17-18,25,27,29,36,38H,2-6,11,14-16,19H2,1H3,(H,34,39). The number of halogens is 3. The number of hydrogen-bond acceptors (Lipinski definition) is 5. The topological polar surface area (TPSA) is 99.1 Å². The molecular weight excluding hydrogens is 666 g/mol. The first-order valence-corrected chi connectivity index (χ1v) is 15.5. The number of nitrogens with zero attached hydrogens (tertiary/aromatic N) is 1. The average Bonchev–Trinajstić information content (AvgIpc) is 2.93. The number of carbonyl (C=O) groups is 2. The Bertz CT molecular complexity index is 1180. The van der Waals surface area contributed by atoms with Gasteiger partial charge in [-0.15, -0.1) is 0 Å². The van der Waals surface area contributed by atoms with Gasteiger partial charge in [0.2, 0.25) is 11.8 Å². The first-order valence-electron chi connectivity index (χ1n) is 13.7. The summed E-state index contributed by atoms with van der Waals surface area (Å²) in [6.45, 7) is 2.17. The van der Waals surface area contributed by atoms with Gasteiger partial charge in [0.15, 0.2) is 0 Å². The normalized spacial score (nSPS) is 18.6. The van der Waals surface area contributed by atoms with Crippen molar-refractivity contribution in [3.63, 3.8) is 0 Å². The van der Waals surface area contributed by atoms with Crippen molar-refractivity contribution in [3.05, 3.63) is 73.3 Å². The van der Waals surface area contributed by atoms with E-state index in [9.17, 15) is 19.8 Å². The third kappa shape index (κ3) is 9.34. The van der Waals surface area contributed by atoms with Crippen LogP contribution in [0.2, 0.25) is 10.0 Å². The second kappa shape index (κ2) is 16.6. The molecule has 3 rings (SSSR count). The van der Waals surface area contributed by atoms with Crippen molar-refractivity contribution in [1.29, 1.82) is 0 Å². The predicted molar refractivity (Wildman–Crippen MR) is 167 cm³/mol. The number of amides is 2. The van der Waals surface area contributed by atoms with Crippen LogP contribution < -0.4 is 10.1 Å². The molecule has 0 radical (unpaired) electrons. The molecule has 0 aliphatic heterocycles. The summed E-state index contributed by atoms with van der Waals surface area (Å²) in [5.74, 6) is 0.0594. The van der Waals surface area contributed by atoms with Crippen molar-refractivity contribution in [1.82, 2.24) is 10.2 Å². The van der Waals surface area contributed by atoms with Crippen LogP contribution in [0.15, 0.2) is 54.1 Å². The van der Waals surface area contributed by atoms with Crippen LogP contribution in [0.5, 0.6) is 5.75 Å². The Morgan fingerprint density at radius 1 is 1.12 bits per heavy atom. The van der Waals surface area contributed by atoms with Gasteiger partial charge in [0.1, 0.15) is 18.0 Å². The number of aliphatic hydroxyl groups is 2. The molecule has 218 valence electrons. The van der Waals surface area contributed by atoms with Crippen molar-refractivity contribution < 1.29 is 24.5 Å². The van der Waals surface area contributed by atoms with E-state index in [1.54, 1.807) is 35.2 Å². The molecule has 0 spiro atoms. The molecule has 3 N–H and O–H groups in total. The number of carbonyl (C=O) groups excluding carboxylic acids is 2. The zero-order valence-corrected chi connectivity index (χ0v) is 26.3. The van der Waals surface area contributed by atoms with E-state index in [-0.39, 0.29) is 37.9 Å². The van der Waals surface area contributed by atoms with E-state index in [4.69, 9.17) is 27.9 Å². The maximum Gasteiger partial charge on any atom is 0.247 e. The van der Waals surface area contributed by atoms with E-state index < -0.39 is 18.2 Å². The zero-order valence-electron chi connectivity index (χ0n) is 22.6. The van der Waals surface area contributed by atoms with Gasteiger partial charge in [-0.3, -0.25) is 9.59 Å². The average molecular weight is 703 g/mol. The first kappa shape index (κ1) is 32.7. The molecule has 3 atom stereocenters. The monoisotopic (exact) mass is 702 g/mol. The van der Waals surface area contributed by atoms with Gasteiger partial charge in [0.05, 0.1) is 16.2 Å². The van der Waals surface area contributed by atoms with Crippen molar-refractivity contribution in [2.45, 2.75) is 76.7 Å². The van der Waals surface area contributed by atoms with Crippen molar-refractivity contribution in [2.75, 3.05) is 13.2 Å². The van der Waals surface area contributed by atoms with Gasteiger partial charge < -0.3 is 25.2 Å². The number of hydrogen-bond donors (Lipinski definition) is 3. The first-order chi connectivity index (χ1) is 19.2. The Labute approximate surface area is 260 Å². The van der Waals surface area contributed by atoms with E-state index in [0.29, 0.717) is 33.4 Å². The fraction of sp³-hybridized carbons (Fsp3) is 0.467. The Hall–Kier alpha value is -1.85. The highest BCUT2D eigenvalue weighted by Gasteiger charge is 2.40. The lowest BCUT2D eigenvalue weighted by atomic mass is 9.87. The molecule has 0 saturated heterocycles. The summed E-state index contributed by atoms with van der Waals surface area (Å²) >= 11 is 14.8. The third-order valence-corrected chi connectivity index (χ3v) is 8.36. The highest BCUT2D eigenvalue weighted by Crippen LogP contribution is 2.32. The summed E-state index contributed by atoms with van der Waals surface area (Å²) in [7, 11) is 0. The number of ether oxygens (including phenoxy) is 1. The zero-order chi connectivity index (χ0) is 29.1. The quantitative estimate of drug-likeness (QED) is 0.168. The molecule has 40 heavy (non-hydrogen) atoms. The molecule has 0 aromatic heterocycles. The fourth-order valence-corrected chi connectivity index (χ4v) is 5.70.